The fourth-order valence-electron chi connectivity index (χ4n) is 1.30. The van der Waals surface area contributed by atoms with Gasteiger partial charge < -0.3 is 4.74 Å². The molecular formula is C11H10BrNO2S. The number of hydrogen-bond donors (Lipinski definition) is 0. The Labute approximate surface area is 106 Å². The topological polar surface area (TPSA) is 39.2 Å². The van der Waals surface area contributed by atoms with E-state index < -0.39 is 0 Å². The highest BCUT2D eigenvalue weighted by Crippen LogP contribution is 2.26. The van der Waals surface area contributed by atoms with Crippen LogP contribution in [0.4, 0.5) is 0 Å². The minimum absolute atomic E-state index is 0.270. The molecule has 2 rings (SSSR count). The molecule has 0 aliphatic carbocycles. The average Bonchev–Trinajstić information content (AvgIpc) is 2.64. The summed E-state index contributed by atoms with van der Waals surface area (Å²) in [5.74, 6) is -0.270. The van der Waals surface area contributed by atoms with E-state index in [0.717, 1.165) is 20.6 Å². The molecule has 1 aromatic carbocycles. The third kappa shape index (κ3) is 2.41. The Bertz CT molecular complexity index is 524. The van der Waals surface area contributed by atoms with Crippen molar-refractivity contribution in [3.8, 4) is 0 Å². The number of rotatable bonds is 3. The van der Waals surface area contributed by atoms with Crippen LogP contribution in [0.2, 0.25) is 0 Å². The molecule has 5 heteroatoms. The molecule has 0 N–H and O–H groups in total. The minimum Gasteiger partial charge on any atom is -0.462 e. The van der Waals surface area contributed by atoms with Gasteiger partial charge >= 0.3 is 5.97 Å². The molecule has 0 aliphatic heterocycles. The molecule has 0 amide bonds. The lowest BCUT2D eigenvalue weighted by Gasteiger charge is -2.02. The number of carbonyl (C=O) groups is 1. The fourth-order valence-corrected chi connectivity index (χ4v) is 2.75. The summed E-state index contributed by atoms with van der Waals surface area (Å²) in [4.78, 5) is 15.9. The quantitative estimate of drug-likeness (QED) is 0.813. The second kappa shape index (κ2) is 4.93. The molecule has 84 valence electrons. The van der Waals surface area contributed by atoms with Crippen molar-refractivity contribution in [3.05, 3.63) is 27.7 Å². The summed E-state index contributed by atoms with van der Waals surface area (Å²) < 4.78 is 6.87. The van der Waals surface area contributed by atoms with Gasteiger partial charge in [-0.2, -0.15) is 0 Å². The van der Waals surface area contributed by atoms with Crippen LogP contribution in [-0.2, 0) is 4.74 Å². The van der Waals surface area contributed by atoms with Crippen molar-refractivity contribution in [3.63, 3.8) is 0 Å². The standard InChI is InChI=1S/C11H10BrNO2S/c1-2-5-15-10(14)7-3-4-8-9(6-7)16-11(12)13-8/h3-4,6H,2,5H2,1H3. The number of esters is 1. The number of nitrogens with zero attached hydrogens (tertiary/aromatic N) is 1. The molecule has 0 fully saturated rings. The maximum absolute atomic E-state index is 11.6. The first-order valence-corrected chi connectivity index (χ1v) is 6.55. The monoisotopic (exact) mass is 299 g/mol. The third-order valence-electron chi connectivity index (χ3n) is 2.04. The van der Waals surface area contributed by atoms with Crippen LogP contribution >= 0.6 is 27.3 Å². The molecule has 0 bridgehead atoms. The number of hydrogen-bond acceptors (Lipinski definition) is 4. The zero-order chi connectivity index (χ0) is 11.5. The zero-order valence-corrected chi connectivity index (χ0v) is 11.1. The first-order chi connectivity index (χ1) is 7.70. The van der Waals surface area contributed by atoms with Crippen LogP contribution in [0.5, 0.6) is 0 Å². The van der Waals surface area contributed by atoms with Crippen LogP contribution in [0, 0.1) is 0 Å². The lowest BCUT2D eigenvalue weighted by Crippen LogP contribution is -2.05. The molecule has 3 nitrogen and oxygen atoms in total. The molecule has 0 unspecified atom stereocenters. The van der Waals surface area contributed by atoms with Gasteiger partial charge in [0.25, 0.3) is 0 Å². The zero-order valence-electron chi connectivity index (χ0n) is 8.70. The van der Waals surface area contributed by atoms with Crippen LogP contribution in [0.25, 0.3) is 10.2 Å². The van der Waals surface area contributed by atoms with Crippen molar-refractivity contribution in [2.24, 2.45) is 0 Å². The summed E-state index contributed by atoms with van der Waals surface area (Å²) >= 11 is 4.82. The summed E-state index contributed by atoms with van der Waals surface area (Å²) in [6.45, 7) is 2.43. The van der Waals surface area contributed by atoms with E-state index >= 15 is 0 Å². The van der Waals surface area contributed by atoms with E-state index in [1.165, 1.54) is 11.3 Å². The van der Waals surface area contributed by atoms with Gasteiger partial charge in [-0.15, -0.1) is 11.3 Å². The Balaban J connectivity index is 2.28. The van der Waals surface area contributed by atoms with E-state index in [-0.39, 0.29) is 5.97 Å². The van der Waals surface area contributed by atoms with Crippen molar-refractivity contribution < 1.29 is 9.53 Å². The van der Waals surface area contributed by atoms with Gasteiger partial charge in [-0.3, -0.25) is 0 Å². The summed E-state index contributed by atoms with van der Waals surface area (Å²) in [6, 6.07) is 5.39. The van der Waals surface area contributed by atoms with Gasteiger partial charge in [-0.1, -0.05) is 6.92 Å². The average molecular weight is 300 g/mol. The molecule has 0 atom stereocenters. The fraction of sp³-hybridized carbons (Fsp3) is 0.273. The predicted octanol–water partition coefficient (Wildman–Crippen LogP) is 3.63. The number of benzene rings is 1. The van der Waals surface area contributed by atoms with E-state index in [1.54, 1.807) is 6.07 Å². The van der Waals surface area contributed by atoms with E-state index in [0.29, 0.717) is 12.2 Å². The van der Waals surface area contributed by atoms with E-state index in [1.807, 2.05) is 19.1 Å². The largest absolute Gasteiger partial charge is 0.462 e. The first kappa shape index (κ1) is 11.5. The van der Waals surface area contributed by atoms with Crippen LogP contribution in [0.3, 0.4) is 0 Å². The first-order valence-electron chi connectivity index (χ1n) is 4.94. The summed E-state index contributed by atoms with van der Waals surface area (Å²) in [5.41, 5.74) is 1.47. The lowest BCUT2D eigenvalue weighted by atomic mass is 10.2. The Morgan fingerprint density at radius 3 is 3.12 bits per heavy atom. The molecule has 0 spiro atoms. The Kier molecular flexibility index (Phi) is 3.56. The highest BCUT2D eigenvalue weighted by atomic mass is 79.9. The van der Waals surface area contributed by atoms with E-state index in [9.17, 15) is 4.79 Å². The maximum atomic E-state index is 11.6. The van der Waals surface area contributed by atoms with Gasteiger partial charge in [-0.25, -0.2) is 9.78 Å². The lowest BCUT2D eigenvalue weighted by molar-refractivity contribution is 0.0505. The highest BCUT2D eigenvalue weighted by Gasteiger charge is 2.09. The van der Waals surface area contributed by atoms with Gasteiger partial charge in [0, 0.05) is 0 Å². The van der Waals surface area contributed by atoms with Crippen LogP contribution < -0.4 is 0 Å². The highest BCUT2D eigenvalue weighted by molar-refractivity contribution is 9.11. The van der Waals surface area contributed by atoms with Crippen LogP contribution in [0.15, 0.2) is 22.1 Å². The normalized spacial score (nSPS) is 10.6. The second-order valence-corrected chi connectivity index (χ2v) is 5.59. The molecule has 0 saturated carbocycles. The second-order valence-electron chi connectivity index (χ2n) is 3.29. The molecule has 2 aromatic rings. The minimum atomic E-state index is -0.270. The van der Waals surface area contributed by atoms with Gasteiger partial charge in [0.1, 0.15) is 0 Å². The number of aromatic nitrogens is 1. The van der Waals surface area contributed by atoms with Gasteiger partial charge in [0.2, 0.25) is 0 Å². The van der Waals surface area contributed by atoms with Gasteiger partial charge in [0.15, 0.2) is 3.92 Å². The van der Waals surface area contributed by atoms with Crippen LogP contribution in [0.1, 0.15) is 23.7 Å². The van der Waals surface area contributed by atoms with Gasteiger partial charge in [-0.05, 0) is 40.5 Å². The molecule has 16 heavy (non-hydrogen) atoms. The van der Waals surface area contributed by atoms with Crippen molar-refractivity contribution in [1.82, 2.24) is 4.98 Å². The van der Waals surface area contributed by atoms with Crippen molar-refractivity contribution in [2.45, 2.75) is 13.3 Å². The molecule has 0 saturated heterocycles. The molecular weight excluding hydrogens is 290 g/mol. The number of carbonyl (C=O) groups excluding carboxylic acids is 1. The predicted molar refractivity (Wildman–Crippen MR) is 67.9 cm³/mol. The Morgan fingerprint density at radius 1 is 1.56 bits per heavy atom. The van der Waals surface area contributed by atoms with E-state index in [2.05, 4.69) is 20.9 Å². The third-order valence-corrected chi connectivity index (χ3v) is 3.50. The maximum Gasteiger partial charge on any atom is 0.338 e. The molecule has 0 aliphatic rings. The van der Waals surface area contributed by atoms with Crippen molar-refractivity contribution in [1.29, 1.82) is 0 Å². The Morgan fingerprint density at radius 2 is 2.38 bits per heavy atom. The molecule has 1 heterocycles. The SMILES string of the molecule is CCCOC(=O)c1ccc2nc(Br)sc2c1. The Hall–Kier alpha value is -0.940. The van der Waals surface area contributed by atoms with Gasteiger partial charge in [0.05, 0.1) is 22.4 Å². The van der Waals surface area contributed by atoms with E-state index in [4.69, 9.17) is 4.74 Å². The number of ether oxygens (including phenoxy) is 1. The molecule has 0 radical (unpaired) electrons. The number of fused-ring (bicyclic) bond motifs is 1. The van der Waals surface area contributed by atoms with Crippen molar-refractivity contribution >= 4 is 43.5 Å². The summed E-state index contributed by atoms with van der Waals surface area (Å²) in [5, 5.41) is 0. The van der Waals surface area contributed by atoms with Crippen LogP contribution in [-0.4, -0.2) is 17.6 Å². The molecule has 1 aromatic heterocycles. The number of thiazole rings is 1. The van der Waals surface area contributed by atoms with Crippen molar-refractivity contribution in [2.75, 3.05) is 6.61 Å². The summed E-state index contributed by atoms with van der Waals surface area (Å²) in [6.07, 6.45) is 0.833. The number of halogens is 1. The summed E-state index contributed by atoms with van der Waals surface area (Å²) in [7, 11) is 0. The smallest absolute Gasteiger partial charge is 0.338 e.